The molecular formula is C13H16BrFN2O3. The second-order valence-corrected chi connectivity index (χ2v) is 5.48. The number of rotatable bonds is 4. The van der Waals surface area contributed by atoms with Gasteiger partial charge in [-0.1, -0.05) is 0 Å². The molecule has 2 amide bonds. The number of benzene rings is 1. The largest absolute Gasteiger partial charge is 0.480 e. The molecule has 1 rings (SSSR count). The Balaban J connectivity index is 2.93. The summed E-state index contributed by atoms with van der Waals surface area (Å²) in [6.07, 6.45) is 0. The summed E-state index contributed by atoms with van der Waals surface area (Å²) in [6.45, 7) is 4.69. The zero-order chi connectivity index (χ0) is 15.4. The van der Waals surface area contributed by atoms with Gasteiger partial charge in [-0.05, 0) is 54.4 Å². The van der Waals surface area contributed by atoms with Crippen LogP contribution in [0.1, 0.15) is 19.4 Å². The van der Waals surface area contributed by atoms with Crippen molar-refractivity contribution < 1.29 is 19.1 Å². The van der Waals surface area contributed by atoms with Gasteiger partial charge < -0.3 is 15.3 Å². The van der Waals surface area contributed by atoms with E-state index in [9.17, 15) is 14.0 Å². The molecule has 1 aromatic carbocycles. The number of halogens is 2. The van der Waals surface area contributed by atoms with E-state index in [1.54, 1.807) is 20.8 Å². The summed E-state index contributed by atoms with van der Waals surface area (Å²) in [7, 11) is 0. The summed E-state index contributed by atoms with van der Waals surface area (Å²) in [6, 6.07) is 1.93. The first-order chi connectivity index (χ1) is 9.22. The molecule has 0 saturated carbocycles. The van der Waals surface area contributed by atoms with E-state index < -0.39 is 24.4 Å². The van der Waals surface area contributed by atoms with Crippen molar-refractivity contribution in [3.8, 4) is 0 Å². The van der Waals surface area contributed by atoms with Gasteiger partial charge in [0.1, 0.15) is 12.4 Å². The zero-order valence-corrected chi connectivity index (χ0v) is 13.0. The van der Waals surface area contributed by atoms with E-state index in [1.165, 1.54) is 17.0 Å². The average molecular weight is 347 g/mol. The van der Waals surface area contributed by atoms with Crippen molar-refractivity contribution in [1.29, 1.82) is 0 Å². The van der Waals surface area contributed by atoms with E-state index in [-0.39, 0.29) is 10.5 Å². The third kappa shape index (κ3) is 4.19. The molecule has 7 heteroatoms. The van der Waals surface area contributed by atoms with Gasteiger partial charge in [-0.15, -0.1) is 0 Å². The highest BCUT2D eigenvalue weighted by Gasteiger charge is 2.20. The molecule has 0 heterocycles. The lowest BCUT2D eigenvalue weighted by molar-refractivity contribution is -0.137. The SMILES string of the molecule is Cc1cc(F)c(Br)cc1NC(=O)N(CC(=O)O)C(C)C. The molecule has 0 aromatic heterocycles. The number of aliphatic carboxylic acids is 1. The smallest absolute Gasteiger partial charge is 0.323 e. The molecule has 110 valence electrons. The predicted molar refractivity (Wildman–Crippen MR) is 77.3 cm³/mol. The van der Waals surface area contributed by atoms with E-state index in [0.29, 0.717) is 11.3 Å². The fourth-order valence-electron chi connectivity index (χ4n) is 1.60. The van der Waals surface area contributed by atoms with E-state index in [4.69, 9.17) is 5.11 Å². The lowest BCUT2D eigenvalue weighted by atomic mass is 10.2. The number of carbonyl (C=O) groups is 2. The van der Waals surface area contributed by atoms with Crippen molar-refractivity contribution in [3.05, 3.63) is 28.0 Å². The summed E-state index contributed by atoms with van der Waals surface area (Å²) < 4.78 is 13.5. The molecule has 0 atom stereocenters. The standard InChI is InChI=1S/C13H16BrFN2O3/c1-7(2)17(6-12(18)19)13(20)16-11-5-9(14)10(15)4-8(11)3/h4-5,7H,6H2,1-3H3,(H,16,20)(H,18,19). The summed E-state index contributed by atoms with van der Waals surface area (Å²) in [4.78, 5) is 24.0. The number of aryl methyl sites for hydroxylation is 1. The van der Waals surface area contributed by atoms with Crippen LogP contribution < -0.4 is 5.32 Å². The highest BCUT2D eigenvalue weighted by Crippen LogP contribution is 2.24. The normalized spacial score (nSPS) is 10.5. The Morgan fingerprint density at radius 2 is 2.05 bits per heavy atom. The van der Waals surface area contributed by atoms with E-state index >= 15 is 0 Å². The van der Waals surface area contributed by atoms with Crippen molar-refractivity contribution in [2.75, 3.05) is 11.9 Å². The van der Waals surface area contributed by atoms with Gasteiger partial charge in [-0.3, -0.25) is 4.79 Å². The van der Waals surface area contributed by atoms with Crippen molar-refractivity contribution in [2.24, 2.45) is 0 Å². The number of nitrogens with zero attached hydrogens (tertiary/aromatic N) is 1. The van der Waals surface area contributed by atoms with Crippen molar-refractivity contribution >= 4 is 33.6 Å². The molecule has 0 unspecified atom stereocenters. The second-order valence-electron chi connectivity index (χ2n) is 4.63. The molecule has 0 fully saturated rings. The Morgan fingerprint density at radius 1 is 1.45 bits per heavy atom. The molecule has 0 aliphatic carbocycles. The molecule has 5 nitrogen and oxygen atoms in total. The van der Waals surface area contributed by atoms with Gasteiger partial charge in [0.25, 0.3) is 0 Å². The molecule has 0 bridgehead atoms. The van der Waals surface area contributed by atoms with Crippen LogP contribution in [0.5, 0.6) is 0 Å². The molecule has 1 aromatic rings. The number of hydrogen-bond donors (Lipinski definition) is 2. The summed E-state index contributed by atoms with van der Waals surface area (Å²) in [5.74, 6) is -1.52. The van der Waals surface area contributed by atoms with Crippen LogP contribution in [0, 0.1) is 12.7 Å². The quantitative estimate of drug-likeness (QED) is 0.879. The second kappa shape index (κ2) is 6.69. The first-order valence-electron chi connectivity index (χ1n) is 5.97. The first-order valence-corrected chi connectivity index (χ1v) is 6.76. The fraction of sp³-hybridized carbons (Fsp3) is 0.385. The number of carboxylic acid groups (broad SMARTS) is 1. The van der Waals surface area contributed by atoms with Crippen LogP contribution in [-0.4, -0.2) is 34.6 Å². The maximum Gasteiger partial charge on any atom is 0.323 e. The van der Waals surface area contributed by atoms with Crippen molar-refractivity contribution in [2.45, 2.75) is 26.8 Å². The highest BCUT2D eigenvalue weighted by molar-refractivity contribution is 9.10. The van der Waals surface area contributed by atoms with Crippen molar-refractivity contribution in [1.82, 2.24) is 4.90 Å². The Morgan fingerprint density at radius 3 is 2.55 bits per heavy atom. The van der Waals surface area contributed by atoms with Crippen LogP contribution in [0.3, 0.4) is 0 Å². The van der Waals surface area contributed by atoms with Gasteiger partial charge in [0.15, 0.2) is 0 Å². The number of amides is 2. The van der Waals surface area contributed by atoms with E-state index in [2.05, 4.69) is 21.2 Å². The Hall–Kier alpha value is -1.63. The fourth-order valence-corrected chi connectivity index (χ4v) is 1.95. The molecule has 0 spiro atoms. The molecule has 0 radical (unpaired) electrons. The van der Waals surface area contributed by atoms with Crippen molar-refractivity contribution in [3.63, 3.8) is 0 Å². The van der Waals surface area contributed by atoms with Crippen LogP contribution in [0.25, 0.3) is 0 Å². The molecular weight excluding hydrogens is 331 g/mol. The average Bonchev–Trinajstić information content (AvgIpc) is 2.32. The maximum absolute atomic E-state index is 13.3. The third-order valence-electron chi connectivity index (χ3n) is 2.70. The Labute approximate surface area is 124 Å². The third-order valence-corrected chi connectivity index (χ3v) is 3.31. The highest BCUT2D eigenvalue weighted by atomic mass is 79.9. The number of carboxylic acids is 1. The first kappa shape index (κ1) is 16.4. The Bertz CT molecular complexity index is 535. The van der Waals surface area contributed by atoms with Crippen LogP contribution >= 0.6 is 15.9 Å². The minimum atomic E-state index is -1.09. The number of urea groups is 1. The van der Waals surface area contributed by atoms with E-state index in [0.717, 1.165) is 0 Å². The summed E-state index contributed by atoms with van der Waals surface area (Å²) in [5, 5.41) is 11.4. The molecule has 20 heavy (non-hydrogen) atoms. The van der Waals surface area contributed by atoms with Crippen LogP contribution in [0.2, 0.25) is 0 Å². The number of nitrogens with one attached hydrogen (secondary N) is 1. The Kier molecular flexibility index (Phi) is 5.50. The molecule has 0 aliphatic heterocycles. The summed E-state index contributed by atoms with van der Waals surface area (Å²) >= 11 is 3.04. The summed E-state index contributed by atoms with van der Waals surface area (Å²) in [5.41, 5.74) is 0.984. The monoisotopic (exact) mass is 346 g/mol. The number of anilines is 1. The van der Waals surface area contributed by atoms with Gasteiger partial charge in [-0.2, -0.15) is 0 Å². The van der Waals surface area contributed by atoms with Crippen LogP contribution in [0.4, 0.5) is 14.9 Å². The van der Waals surface area contributed by atoms with Gasteiger partial charge in [0.05, 0.1) is 4.47 Å². The van der Waals surface area contributed by atoms with Gasteiger partial charge in [-0.25, -0.2) is 9.18 Å². The van der Waals surface area contributed by atoms with Gasteiger partial charge >= 0.3 is 12.0 Å². The van der Waals surface area contributed by atoms with Gasteiger partial charge in [0, 0.05) is 11.7 Å². The van der Waals surface area contributed by atoms with Crippen LogP contribution in [-0.2, 0) is 4.79 Å². The predicted octanol–water partition coefficient (Wildman–Crippen LogP) is 3.22. The molecule has 0 saturated heterocycles. The van der Waals surface area contributed by atoms with E-state index in [1.807, 2.05) is 0 Å². The minimum absolute atomic E-state index is 0.229. The van der Waals surface area contributed by atoms with Gasteiger partial charge in [0.2, 0.25) is 0 Å². The number of carbonyl (C=O) groups excluding carboxylic acids is 1. The topological polar surface area (TPSA) is 69.6 Å². The van der Waals surface area contributed by atoms with Crippen LogP contribution in [0.15, 0.2) is 16.6 Å². The number of hydrogen-bond acceptors (Lipinski definition) is 2. The minimum Gasteiger partial charge on any atom is -0.480 e. The maximum atomic E-state index is 13.3. The lowest BCUT2D eigenvalue weighted by Crippen LogP contribution is -2.43. The lowest BCUT2D eigenvalue weighted by Gasteiger charge is -2.25. The molecule has 2 N–H and O–H groups in total. The zero-order valence-electron chi connectivity index (χ0n) is 11.4. The molecule has 0 aliphatic rings.